The molecule has 0 saturated heterocycles. The Morgan fingerprint density at radius 1 is 1.00 bits per heavy atom. The number of fused-ring (bicyclic) bond motifs is 1. The first-order valence-electron chi connectivity index (χ1n) is 10.2. The minimum Gasteiger partial charge on any atom is -0.493 e. The van der Waals surface area contributed by atoms with Crippen molar-refractivity contribution in [3.63, 3.8) is 0 Å². The van der Waals surface area contributed by atoms with E-state index >= 15 is 0 Å². The summed E-state index contributed by atoms with van der Waals surface area (Å²) in [5, 5.41) is 4.07. The molecule has 1 amide bonds. The van der Waals surface area contributed by atoms with Gasteiger partial charge in [0.15, 0.2) is 11.5 Å². The number of amides is 1. The first-order valence-corrected chi connectivity index (χ1v) is 10.2. The van der Waals surface area contributed by atoms with Gasteiger partial charge in [-0.2, -0.15) is 5.10 Å². The molecule has 0 aliphatic rings. The first-order chi connectivity index (χ1) is 15.7. The summed E-state index contributed by atoms with van der Waals surface area (Å²) in [5.74, 6) is 1.87. The fourth-order valence-electron chi connectivity index (χ4n) is 3.51. The highest BCUT2D eigenvalue weighted by atomic mass is 16.5. The third kappa shape index (κ3) is 4.78. The molecule has 0 spiro atoms. The molecule has 7 nitrogen and oxygen atoms in total. The minimum absolute atomic E-state index is 0.106. The second-order valence-electron chi connectivity index (χ2n) is 7.17. The molecule has 4 rings (SSSR count). The van der Waals surface area contributed by atoms with Gasteiger partial charge in [-0.05, 0) is 35.4 Å². The van der Waals surface area contributed by atoms with Crippen molar-refractivity contribution in [3.8, 4) is 11.5 Å². The number of aromatic nitrogens is 2. The summed E-state index contributed by atoms with van der Waals surface area (Å²) in [6.07, 6.45) is 2.16. The molecule has 4 aromatic rings. The van der Waals surface area contributed by atoms with Gasteiger partial charge < -0.3 is 14.0 Å². The Morgan fingerprint density at radius 2 is 1.75 bits per heavy atom. The van der Waals surface area contributed by atoms with Gasteiger partial charge in [-0.1, -0.05) is 48.5 Å². The summed E-state index contributed by atoms with van der Waals surface area (Å²) in [4.78, 5) is 17.4. The second kappa shape index (κ2) is 9.78. The van der Waals surface area contributed by atoms with Gasteiger partial charge in [0.05, 0.1) is 31.5 Å². The molecule has 1 aromatic heterocycles. The molecule has 0 unspecified atom stereocenters. The molecule has 0 bridgehead atoms. The van der Waals surface area contributed by atoms with E-state index in [1.807, 2.05) is 77.4 Å². The topological polar surface area (TPSA) is 77.7 Å². The molecular formula is C25H24N4O3. The van der Waals surface area contributed by atoms with Crippen molar-refractivity contribution in [2.75, 3.05) is 14.2 Å². The third-order valence-corrected chi connectivity index (χ3v) is 5.05. The molecule has 7 heteroatoms. The molecule has 0 aliphatic carbocycles. The minimum atomic E-state index is -0.228. The number of hydrazone groups is 1. The highest BCUT2D eigenvalue weighted by Gasteiger charge is 2.15. The van der Waals surface area contributed by atoms with Crippen LogP contribution < -0.4 is 14.9 Å². The summed E-state index contributed by atoms with van der Waals surface area (Å²) >= 11 is 0. The van der Waals surface area contributed by atoms with Gasteiger partial charge in [-0.15, -0.1) is 0 Å². The number of hydrogen-bond donors (Lipinski definition) is 1. The number of para-hydroxylation sites is 2. The van der Waals surface area contributed by atoms with E-state index < -0.39 is 0 Å². The predicted octanol–water partition coefficient (Wildman–Crippen LogP) is 3.79. The van der Waals surface area contributed by atoms with Gasteiger partial charge in [0.25, 0.3) is 5.91 Å². The molecule has 0 radical (unpaired) electrons. The lowest BCUT2D eigenvalue weighted by atomic mass is 10.1. The maximum absolute atomic E-state index is 12.6. The Hall–Kier alpha value is -4.13. The number of ether oxygens (including phenoxy) is 2. The molecule has 0 atom stereocenters. The van der Waals surface area contributed by atoms with Gasteiger partial charge >= 0.3 is 0 Å². The summed E-state index contributed by atoms with van der Waals surface area (Å²) < 4.78 is 12.7. The highest BCUT2D eigenvalue weighted by Crippen LogP contribution is 2.29. The number of nitrogens with one attached hydrogen (secondary N) is 1. The fraction of sp³-hybridized carbons (Fsp3) is 0.160. The molecule has 32 heavy (non-hydrogen) atoms. The monoisotopic (exact) mass is 428 g/mol. The Bertz CT molecular complexity index is 1250. The van der Waals surface area contributed by atoms with Crippen LogP contribution in [0.1, 0.15) is 17.0 Å². The lowest BCUT2D eigenvalue weighted by molar-refractivity contribution is -0.121. The number of benzene rings is 3. The second-order valence-corrected chi connectivity index (χ2v) is 7.17. The number of nitrogens with zero attached hydrogens (tertiary/aromatic N) is 3. The number of rotatable bonds is 8. The van der Waals surface area contributed by atoms with E-state index in [4.69, 9.17) is 14.5 Å². The van der Waals surface area contributed by atoms with E-state index in [-0.39, 0.29) is 12.5 Å². The van der Waals surface area contributed by atoms with Crippen LogP contribution in [0.5, 0.6) is 11.5 Å². The van der Waals surface area contributed by atoms with Gasteiger partial charge in [-0.25, -0.2) is 10.4 Å². The van der Waals surface area contributed by atoms with E-state index in [1.54, 1.807) is 20.4 Å². The quantitative estimate of drug-likeness (QED) is 0.342. The van der Waals surface area contributed by atoms with Crippen molar-refractivity contribution < 1.29 is 14.3 Å². The zero-order valence-corrected chi connectivity index (χ0v) is 18.0. The van der Waals surface area contributed by atoms with Crippen LogP contribution in [0.2, 0.25) is 0 Å². The van der Waals surface area contributed by atoms with Crippen LogP contribution in [0.25, 0.3) is 11.0 Å². The Balaban J connectivity index is 1.56. The number of carbonyl (C=O) groups is 1. The normalized spacial score (nSPS) is 11.1. The molecule has 1 heterocycles. The Morgan fingerprint density at radius 3 is 2.53 bits per heavy atom. The fourth-order valence-corrected chi connectivity index (χ4v) is 3.51. The number of carbonyl (C=O) groups excluding carboxylic acids is 1. The standard InChI is InChI=1S/C25H24N4O3/c1-31-22-13-12-19(14-23(22)32-2)15-24-27-20-10-6-7-11-21(20)29(24)17-25(30)28-26-16-18-8-4-3-5-9-18/h3-14,16H,15,17H2,1-2H3,(H,28,30)/b26-16-. The van der Waals surface area contributed by atoms with Crippen molar-refractivity contribution in [3.05, 3.63) is 89.7 Å². The Labute approximate surface area is 186 Å². The van der Waals surface area contributed by atoms with Crippen LogP contribution in [0.4, 0.5) is 0 Å². The molecule has 1 N–H and O–H groups in total. The van der Waals surface area contributed by atoms with Crippen LogP contribution >= 0.6 is 0 Å². The van der Waals surface area contributed by atoms with Crippen molar-refractivity contribution >= 4 is 23.2 Å². The maximum atomic E-state index is 12.6. The van der Waals surface area contributed by atoms with E-state index in [1.165, 1.54) is 0 Å². The van der Waals surface area contributed by atoms with Crippen LogP contribution in [0.15, 0.2) is 77.9 Å². The molecule has 0 saturated carbocycles. The molecular weight excluding hydrogens is 404 g/mol. The molecule has 3 aromatic carbocycles. The maximum Gasteiger partial charge on any atom is 0.260 e. The SMILES string of the molecule is COc1ccc(Cc2nc3ccccc3n2CC(=O)N/N=C\c2ccccc2)cc1OC. The van der Waals surface area contributed by atoms with Crippen LogP contribution in [-0.2, 0) is 17.8 Å². The van der Waals surface area contributed by atoms with Crippen molar-refractivity contribution in [2.24, 2.45) is 5.10 Å². The van der Waals surface area contributed by atoms with Crippen LogP contribution in [-0.4, -0.2) is 35.9 Å². The Kier molecular flexibility index (Phi) is 6.46. The van der Waals surface area contributed by atoms with E-state index in [9.17, 15) is 4.79 Å². The van der Waals surface area contributed by atoms with Crippen molar-refractivity contribution in [1.82, 2.24) is 15.0 Å². The summed E-state index contributed by atoms with van der Waals surface area (Å²) in [7, 11) is 3.22. The number of hydrogen-bond acceptors (Lipinski definition) is 5. The largest absolute Gasteiger partial charge is 0.493 e. The van der Waals surface area contributed by atoms with Gasteiger partial charge in [0.2, 0.25) is 0 Å². The molecule has 0 aliphatic heterocycles. The zero-order chi connectivity index (χ0) is 22.3. The average Bonchev–Trinajstić information content (AvgIpc) is 3.16. The number of imidazole rings is 1. The van der Waals surface area contributed by atoms with Crippen LogP contribution in [0, 0.1) is 0 Å². The van der Waals surface area contributed by atoms with Gasteiger partial charge in [0, 0.05) is 6.42 Å². The molecule has 0 fully saturated rings. The molecule has 162 valence electrons. The summed E-state index contributed by atoms with van der Waals surface area (Å²) in [5.41, 5.74) is 6.25. The smallest absolute Gasteiger partial charge is 0.260 e. The van der Waals surface area contributed by atoms with Crippen molar-refractivity contribution in [2.45, 2.75) is 13.0 Å². The van der Waals surface area contributed by atoms with E-state index in [0.29, 0.717) is 17.9 Å². The van der Waals surface area contributed by atoms with Crippen molar-refractivity contribution in [1.29, 1.82) is 0 Å². The summed E-state index contributed by atoms with van der Waals surface area (Å²) in [6, 6.07) is 23.1. The first kappa shape index (κ1) is 21.1. The summed E-state index contributed by atoms with van der Waals surface area (Å²) in [6.45, 7) is 0.106. The number of methoxy groups -OCH3 is 2. The van der Waals surface area contributed by atoms with E-state index in [2.05, 4.69) is 10.5 Å². The van der Waals surface area contributed by atoms with Gasteiger partial charge in [-0.3, -0.25) is 4.79 Å². The zero-order valence-electron chi connectivity index (χ0n) is 18.0. The average molecular weight is 428 g/mol. The lowest BCUT2D eigenvalue weighted by Gasteiger charge is -2.11. The van der Waals surface area contributed by atoms with Gasteiger partial charge in [0.1, 0.15) is 12.4 Å². The highest BCUT2D eigenvalue weighted by molar-refractivity contribution is 5.83. The third-order valence-electron chi connectivity index (χ3n) is 5.05. The lowest BCUT2D eigenvalue weighted by Crippen LogP contribution is -2.24. The predicted molar refractivity (Wildman–Crippen MR) is 124 cm³/mol. The van der Waals surface area contributed by atoms with E-state index in [0.717, 1.165) is 28.0 Å². The van der Waals surface area contributed by atoms with Crippen LogP contribution in [0.3, 0.4) is 0 Å².